The summed E-state index contributed by atoms with van der Waals surface area (Å²) in [5.41, 5.74) is -0.196. The van der Waals surface area contributed by atoms with Gasteiger partial charge in [-0.1, -0.05) is 23.2 Å². The molecule has 1 aromatic rings. The molecule has 0 aromatic heterocycles. The molecule has 1 aliphatic rings. The van der Waals surface area contributed by atoms with Crippen molar-refractivity contribution in [3.63, 3.8) is 0 Å². The summed E-state index contributed by atoms with van der Waals surface area (Å²) in [5.74, 6) is 0. The van der Waals surface area contributed by atoms with Crippen molar-refractivity contribution in [2.24, 2.45) is 5.41 Å². The Bertz CT molecular complexity index is 614. The number of benzene rings is 1. The molecular formula is C14H21Cl3N2O3S. The van der Waals surface area contributed by atoms with Crippen molar-refractivity contribution in [3.8, 4) is 0 Å². The van der Waals surface area contributed by atoms with E-state index >= 15 is 0 Å². The summed E-state index contributed by atoms with van der Waals surface area (Å²) in [6.07, 6.45) is 1.71. The minimum Gasteiger partial charge on any atom is -0.384 e. The summed E-state index contributed by atoms with van der Waals surface area (Å²) in [6.45, 7) is 2.53. The summed E-state index contributed by atoms with van der Waals surface area (Å²) in [5, 5.41) is 3.76. The number of piperidine rings is 1. The number of hydrogen-bond donors (Lipinski definition) is 2. The van der Waals surface area contributed by atoms with Crippen LogP contribution < -0.4 is 10.0 Å². The number of ether oxygens (including phenoxy) is 1. The molecule has 0 radical (unpaired) electrons. The van der Waals surface area contributed by atoms with Crippen LogP contribution in [0.2, 0.25) is 10.0 Å². The van der Waals surface area contributed by atoms with E-state index in [4.69, 9.17) is 27.9 Å². The zero-order valence-corrected chi connectivity index (χ0v) is 15.9. The van der Waals surface area contributed by atoms with Crippen LogP contribution in [0, 0.1) is 5.41 Å². The molecule has 0 unspecified atom stereocenters. The smallest absolute Gasteiger partial charge is 0.242 e. The Morgan fingerprint density at radius 1 is 1.30 bits per heavy atom. The maximum absolute atomic E-state index is 12.5. The van der Waals surface area contributed by atoms with E-state index in [1.165, 1.54) is 12.1 Å². The first kappa shape index (κ1) is 21.0. The topological polar surface area (TPSA) is 67.4 Å². The molecule has 132 valence electrons. The Labute approximate surface area is 153 Å². The third-order valence-corrected chi connectivity index (χ3v) is 6.05. The van der Waals surface area contributed by atoms with Gasteiger partial charge in [0, 0.05) is 24.1 Å². The largest absolute Gasteiger partial charge is 0.384 e. The molecule has 1 aromatic carbocycles. The first-order chi connectivity index (χ1) is 10.4. The van der Waals surface area contributed by atoms with Crippen LogP contribution in [0.25, 0.3) is 0 Å². The van der Waals surface area contributed by atoms with E-state index in [0.717, 1.165) is 25.9 Å². The Kier molecular flexibility index (Phi) is 8.07. The Morgan fingerprint density at radius 2 is 1.96 bits per heavy atom. The van der Waals surface area contributed by atoms with Gasteiger partial charge in [-0.05, 0) is 44.1 Å². The fourth-order valence-electron chi connectivity index (χ4n) is 2.64. The molecule has 1 aliphatic heterocycles. The lowest BCUT2D eigenvalue weighted by molar-refractivity contribution is 0.0577. The summed E-state index contributed by atoms with van der Waals surface area (Å²) in [4.78, 5) is 0.00293. The number of nitrogens with one attached hydrogen (secondary N) is 2. The highest BCUT2D eigenvalue weighted by Crippen LogP contribution is 2.30. The molecule has 23 heavy (non-hydrogen) atoms. The molecule has 1 saturated heterocycles. The van der Waals surface area contributed by atoms with Crippen molar-refractivity contribution in [2.75, 3.05) is 33.4 Å². The molecule has 0 saturated carbocycles. The maximum Gasteiger partial charge on any atom is 0.242 e. The number of rotatable bonds is 6. The number of hydrogen-bond acceptors (Lipinski definition) is 4. The van der Waals surface area contributed by atoms with Crippen LogP contribution in [0.1, 0.15) is 12.8 Å². The first-order valence-corrected chi connectivity index (χ1v) is 9.27. The van der Waals surface area contributed by atoms with Crippen LogP contribution in [-0.2, 0) is 14.8 Å². The standard InChI is InChI=1S/C14H20Cl2N2O3S.ClH/c1-21-10-14(4-6-17-7-5-14)9-18-22(19,20)13-8-11(15)2-3-12(13)16;/h2-3,8,17-18H,4-7,9-10H2,1H3;1H. The Hall–Kier alpha value is -0.0800. The highest BCUT2D eigenvalue weighted by Gasteiger charge is 2.34. The van der Waals surface area contributed by atoms with Gasteiger partial charge >= 0.3 is 0 Å². The minimum atomic E-state index is -3.71. The molecule has 1 fully saturated rings. The van der Waals surface area contributed by atoms with E-state index in [1.807, 2.05) is 0 Å². The van der Waals surface area contributed by atoms with Crippen molar-refractivity contribution < 1.29 is 13.2 Å². The highest BCUT2D eigenvalue weighted by atomic mass is 35.5. The van der Waals surface area contributed by atoms with Gasteiger partial charge in [0.1, 0.15) is 4.90 Å². The van der Waals surface area contributed by atoms with Gasteiger partial charge in [0.2, 0.25) is 10.0 Å². The van der Waals surface area contributed by atoms with Gasteiger partial charge < -0.3 is 10.1 Å². The second-order valence-corrected chi connectivity index (χ2v) is 8.16. The van der Waals surface area contributed by atoms with Gasteiger partial charge in [-0.3, -0.25) is 0 Å². The lowest BCUT2D eigenvalue weighted by Crippen LogP contribution is -2.47. The zero-order valence-electron chi connectivity index (χ0n) is 12.8. The van der Waals surface area contributed by atoms with E-state index in [1.54, 1.807) is 13.2 Å². The molecule has 1 heterocycles. The Balaban J connectivity index is 0.00000264. The van der Waals surface area contributed by atoms with E-state index in [9.17, 15) is 8.42 Å². The predicted molar refractivity (Wildman–Crippen MR) is 95.3 cm³/mol. The zero-order chi connectivity index (χ0) is 16.2. The van der Waals surface area contributed by atoms with E-state index in [-0.39, 0.29) is 27.7 Å². The number of halogens is 3. The lowest BCUT2D eigenvalue weighted by atomic mass is 9.80. The first-order valence-electron chi connectivity index (χ1n) is 7.03. The van der Waals surface area contributed by atoms with Gasteiger partial charge in [-0.25, -0.2) is 13.1 Å². The van der Waals surface area contributed by atoms with Gasteiger partial charge in [0.15, 0.2) is 0 Å². The molecule has 2 N–H and O–H groups in total. The third-order valence-electron chi connectivity index (χ3n) is 3.93. The normalized spacial score (nSPS) is 17.5. The van der Waals surface area contributed by atoms with Crippen molar-refractivity contribution in [3.05, 3.63) is 28.2 Å². The predicted octanol–water partition coefficient (Wildman–Crippen LogP) is 2.71. The summed E-state index contributed by atoms with van der Waals surface area (Å²) >= 11 is 11.9. The average Bonchev–Trinajstić information content (AvgIpc) is 2.49. The van der Waals surface area contributed by atoms with Gasteiger partial charge in [0.05, 0.1) is 11.6 Å². The molecule has 5 nitrogen and oxygen atoms in total. The lowest BCUT2D eigenvalue weighted by Gasteiger charge is -2.37. The molecule has 2 rings (SSSR count). The van der Waals surface area contributed by atoms with Crippen LogP contribution in [0.5, 0.6) is 0 Å². The number of methoxy groups -OCH3 is 1. The average molecular weight is 404 g/mol. The van der Waals surface area contributed by atoms with E-state index in [2.05, 4.69) is 10.0 Å². The van der Waals surface area contributed by atoms with E-state index < -0.39 is 10.0 Å². The Morgan fingerprint density at radius 3 is 2.57 bits per heavy atom. The van der Waals surface area contributed by atoms with Crippen molar-refractivity contribution in [1.82, 2.24) is 10.0 Å². The third kappa shape index (κ3) is 5.46. The highest BCUT2D eigenvalue weighted by molar-refractivity contribution is 7.89. The molecule has 0 aliphatic carbocycles. The van der Waals surface area contributed by atoms with Crippen molar-refractivity contribution >= 4 is 45.6 Å². The maximum atomic E-state index is 12.5. The SMILES string of the molecule is COCC1(CNS(=O)(=O)c2cc(Cl)ccc2Cl)CCNCC1.Cl. The van der Waals surface area contributed by atoms with Gasteiger partial charge in [-0.15, -0.1) is 12.4 Å². The molecule has 0 spiro atoms. The quantitative estimate of drug-likeness (QED) is 0.766. The minimum absolute atomic E-state index is 0. The van der Waals surface area contributed by atoms with Crippen molar-refractivity contribution in [1.29, 1.82) is 0 Å². The van der Waals surface area contributed by atoms with Crippen molar-refractivity contribution in [2.45, 2.75) is 17.7 Å². The molecule has 0 atom stereocenters. The molecule has 9 heteroatoms. The fraction of sp³-hybridized carbons (Fsp3) is 0.571. The molecule has 0 bridgehead atoms. The summed E-state index contributed by atoms with van der Waals surface area (Å²) < 4.78 is 32.9. The second-order valence-electron chi connectivity index (χ2n) is 5.58. The molecular weight excluding hydrogens is 383 g/mol. The van der Waals surface area contributed by atoms with Crippen LogP contribution in [0.4, 0.5) is 0 Å². The fourth-order valence-corrected chi connectivity index (χ4v) is 4.56. The van der Waals surface area contributed by atoms with Gasteiger partial charge in [-0.2, -0.15) is 0 Å². The van der Waals surface area contributed by atoms with Crippen LogP contribution in [-0.4, -0.2) is 41.8 Å². The second kappa shape index (κ2) is 8.85. The van der Waals surface area contributed by atoms with Crippen LogP contribution in [0.3, 0.4) is 0 Å². The summed E-state index contributed by atoms with van der Waals surface area (Å²) in [6, 6.07) is 4.40. The molecule has 0 amide bonds. The summed E-state index contributed by atoms with van der Waals surface area (Å²) in [7, 11) is -2.08. The van der Waals surface area contributed by atoms with Gasteiger partial charge in [0.25, 0.3) is 0 Å². The number of sulfonamides is 1. The van der Waals surface area contributed by atoms with Crippen LogP contribution in [0.15, 0.2) is 23.1 Å². The van der Waals surface area contributed by atoms with Crippen LogP contribution >= 0.6 is 35.6 Å². The monoisotopic (exact) mass is 402 g/mol. The van der Waals surface area contributed by atoms with E-state index in [0.29, 0.717) is 18.2 Å².